The number of amides is 1. The summed E-state index contributed by atoms with van der Waals surface area (Å²) < 4.78 is 5.52. The Morgan fingerprint density at radius 2 is 0.556 bits per heavy atom. The van der Waals surface area contributed by atoms with Gasteiger partial charge in [0, 0.05) is 12.8 Å². The average molecular weight is 1270 g/mol. The molecule has 0 fully saturated rings. The van der Waals surface area contributed by atoms with Gasteiger partial charge in [0.05, 0.1) is 25.4 Å². The van der Waals surface area contributed by atoms with Gasteiger partial charge in [-0.15, -0.1) is 0 Å². The van der Waals surface area contributed by atoms with Gasteiger partial charge in [-0.25, -0.2) is 0 Å². The van der Waals surface area contributed by atoms with Gasteiger partial charge in [-0.2, -0.15) is 0 Å². The lowest BCUT2D eigenvalue weighted by molar-refractivity contribution is -0.143. The summed E-state index contributed by atoms with van der Waals surface area (Å²) in [6.07, 6.45) is 104. The monoisotopic (exact) mass is 1260 g/mol. The molecule has 90 heavy (non-hydrogen) atoms. The van der Waals surface area contributed by atoms with Crippen LogP contribution in [0.3, 0.4) is 0 Å². The van der Waals surface area contributed by atoms with Gasteiger partial charge in [0.2, 0.25) is 5.91 Å². The van der Waals surface area contributed by atoms with E-state index in [9.17, 15) is 19.8 Å². The molecule has 6 nitrogen and oxygen atoms in total. The first-order chi connectivity index (χ1) is 44.5. The molecule has 0 heterocycles. The van der Waals surface area contributed by atoms with E-state index in [1.165, 1.54) is 379 Å². The van der Waals surface area contributed by atoms with E-state index in [4.69, 9.17) is 4.74 Å². The van der Waals surface area contributed by atoms with E-state index in [1.807, 2.05) is 0 Å². The number of esters is 1. The van der Waals surface area contributed by atoms with E-state index < -0.39 is 12.1 Å². The fourth-order valence-electron chi connectivity index (χ4n) is 13.1. The Hall–Kier alpha value is -1.92. The van der Waals surface area contributed by atoms with Gasteiger partial charge in [0.25, 0.3) is 0 Å². The number of rotatable bonds is 78. The highest BCUT2D eigenvalue weighted by atomic mass is 16.5. The third kappa shape index (κ3) is 75.1. The van der Waals surface area contributed by atoms with E-state index in [-0.39, 0.29) is 18.5 Å². The maximum atomic E-state index is 12.6. The van der Waals surface area contributed by atoms with E-state index in [0.717, 1.165) is 51.4 Å². The lowest BCUT2D eigenvalue weighted by Crippen LogP contribution is -2.45. The number of nitrogens with one attached hydrogen (secondary N) is 1. The van der Waals surface area contributed by atoms with Gasteiger partial charge in [-0.1, -0.05) is 403 Å². The largest absolute Gasteiger partial charge is 0.466 e. The standard InChI is InChI=1S/C84H161NO5/c1-3-5-7-9-11-13-15-17-19-21-40-44-48-52-56-60-64-68-72-76-82(87)81(80-86)85-83(88)77-73-69-65-61-57-53-49-45-42-38-36-34-32-30-28-26-24-23-25-27-29-31-33-35-37-39-43-47-51-55-59-63-67-71-75-79-90-84(89)78-74-70-66-62-58-54-50-46-41-22-20-18-16-14-12-10-8-6-4-2/h12,14,18,20,25,27,81-82,86-87H,3-11,13,15-17,19,21-24,26,28-80H2,1-2H3,(H,85,88)/b14-12-,20-18-,27-25-. The Labute approximate surface area is 564 Å². The number of carbonyl (C=O) groups excluding carboxylic acids is 2. The topological polar surface area (TPSA) is 95.9 Å². The minimum Gasteiger partial charge on any atom is -0.466 e. The molecule has 0 aliphatic carbocycles. The first-order valence-electron chi connectivity index (χ1n) is 41.2. The van der Waals surface area contributed by atoms with Crippen LogP contribution in [0, 0.1) is 0 Å². The highest BCUT2D eigenvalue weighted by molar-refractivity contribution is 5.76. The Balaban J connectivity index is 3.33. The summed E-state index contributed by atoms with van der Waals surface area (Å²) in [5, 5.41) is 23.4. The van der Waals surface area contributed by atoms with Crippen molar-refractivity contribution in [1.82, 2.24) is 5.32 Å². The lowest BCUT2D eigenvalue weighted by Gasteiger charge is -2.22. The maximum absolute atomic E-state index is 12.6. The minimum atomic E-state index is -0.663. The molecule has 0 rings (SSSR count). The third-order valence-corrected chi connectivity index (χ3v) is 19.4. The van der Waals surface area contributed by atoms with Crippen LogP contribution in [-0.2, 0) is 14.3 Å². The molecule has 0 saturated heterocycles. The fourth-order valence-corrected chi connectivity index (χ4v) is 13.1. The maximum Gasteiger partial charge on any atom is 0.305 e. The number of aliphatic hydroxyl groups excluding tert-OH is 2. The van der Waals surface area contributed by atoms with Gasteiger partial charge < -0.3 is 20.3 Å². The predicted octanol–water partition coefficient (Wildman–Crippen LogP) is 27.4. The second-order valence-corrected chi connectivity index (χ2v) is 28.5. The fraction of sp³-hybridized carbons (Fsp3) is 0.905. The highest BCUT2D eigenvalue weighted by Gasteiger charge is 2.20. The van der Waals surface area contributed by atoms with Gasteiger partial charge in [0.15, 0.2) is 0 Å². The smallest absolute Gasteiger partial charge is 0.305 e. The normalized spacial score (nSPS) is 12.6. The molecule has 0 aromatic rings. The molecule has 1 amide bonds. The summed E-state index contributed by atoms with van der Waals surface area (Å²) in [4.78, 5) is 24.7. The van der Waals surface area contributed by atoms with Crippen molar-refractivity contribution in [2.75, 3.05) is 13.2 Å². The van der Waals surface area contributed by atoms with Gasteiger partial charge in [-0.05, 0) is 83.5 Å². The molecule has 0 bridgehead atoms. The summed E-state index contributed by atoms with van der Waals surface area (Å²) in [7, 11) is 0. The molecule has 0 aliphatic rings. The molecule has 3 N–H and O–H groups in total. The first-order valence-corrected chi connectivity index (χ1v) is 41.2. The zero-order valence-corrected chi connectivity index (χ0v) is 61.1. The highest BCUT2D eigenvalue weighted by Crippen LogP contribution is 2.20. The molecule has 0 aliphatic heterocycles. The minimum absolute atomic E-state index is 0.0173. The number of hydrogen-bond acceptors (Lipinski definition) is 5. The number of unbranched alkanes of at least 4 members (excludes halogenated alkanes) is 61. The summed E-state index contributed by atoms with van der Waals surface area (Å²) >= 11 is 0. The van der Waals surface area contributed by atoms with Crippen LogP contribution >= 0.6 is 0 Å². The van der Waals surface area contributed by atoms with E-state index in [0.29, 0.717) is 25.9 Å². The molecular weight excluding hydrogens is 1100 g/mol. The average Bonchev–Trinajstić information content (AvgIpc) is 3.74. The van der Waals surface area contributed by atoms with Gasteiger partial charge >= 0.3 is 5.97 Å². The van der Waals surface area contributed by atoms with E-state index >= 15 is 0 Å². The van der Waals surface area contributed by atoms with E-state index in [1.54, 1.807) is 0 Å². The van der Waals surface area contributed by atoms with Crippen LogP contribution in [0.4, 0.5) is 0 Å². The van der Waals surface area contributed by atoms with Crippen molar-refractivity contribution in [3.8, 4) is 0 Å². The molecule has 0 radical (unpaired) electrons. The van der Waals surface area contributed by atoms with Crippen LogP contribution in [0.2, 0.25) is 0 Å². The van der Waals surface area contributed by atoms with Crippen molar-refractivity contribution in [1.29, 1.82) is 0 Å². The molecule has 0 aromatic carbocycles. The molecule has 0 saturated carbocycles. The molecule has 0 aromatic heterocycles. The number of carbonyl (C=O) groups is 2. The number of hydrogen-bond donors (Lipinski definition) is 3. The second-order valence-electron chi connectivity index (χ2n) is 28.5. The van der Waals surface area contributed by atoms with Crippen LogP contribution in [0.1, 0.15) is 463 Å². The quantitative estimate of drug-likeness (QED) is 0.0320. The van der Waals surface area contributed by atoms with Crippen molar-refractivity contribution >= 4 is 11.9 Å². The molecule has 0 spiro atoms. The van der Waals surface area contributed by atoms with E-state index in [2.05, 4.69) is 55.6 Å². The van der Waals surface area contributed by atoms with Crippen LogP contribution < -0.4 is 5.32 Å². The van der Waals surface area contributed by atoms with Crippen LogP contribution in [0.5, 0.6) is 0 Å². The lowest BCUT2D eigenvalue weighted by atomic mass is 10.0. The van der Waals surface area contributed by atoms with Gasteiger partial charge in [-0.3, -0.25) is 9.59 Å². The predicted molar refractivity (Wildman–Crippen MR) is 398 cm³/mol. The first kappa shape index (κ1) is 88.1. The van der Waals surface area contributed by atoms with Crippen LogP contribution in [0.15, 0.2) is 36.5 Å². The number of allylic oxidation sites excluding steroid dienone is 6. The van der Waals surface area contributed by atoms with Gasteiger partial charge in [0.1, 0.15) is 0 Å². The Morgan fingerprint density at radius 1 is 0.311 bits per heavy atom. The summed E-state index contributed by atoms with van der Waals surface area (Å²) in [5.74, 6) is -0.00936. The van der Waals surface area contributed by atoms with Crippen molar-refractivity contribution in [2.24, 2.45) is 0 Å². The Morgan fingerprint density at radius 3 is 0.878 bits per heavy atom. The third-order valence-electron chi connectivity index (χ3n) is 19.4. The molecule has 532 valence electrons. The van der Waals surface area contributed by atoms with Crippen molar-refractivity contribution in [2.45, 2.75) is 475 Å². The molecule has 2 atom stereocenters. The number of ether oxygens (including phenoxy) is 1. The molecular formula is C84H161NO5. The van der Waals surface area contributed by atoms with Crippen LogP contribution in [-0.4, -0.2) is 47.4 Å². The van der Waals surface area contributed by atoms with Crippen molar-refractivity contribution in [3.05, 3.63) is 36.5 Å². The number of aliphatic hydroxyl groups is 2. The second kappa shape index (κ2) is 79.5. The van der Waals surface area contributed by atoms with Crippen molar-refractivity contribution in [3.63, 3.8) is 0 Å². The zero-order valence-electron chi connectivity index (χ0n) is 61.1. The summed E-state index contributed by atoms with van der Waals surface area (Å²) in [6, 6.07) is -0.540. The molecule has 2 unspecified atom stereocenters. The summed E-state index contributed by atoms with van der Waals surface area (Å²) in [5.41, 5.74) is 0. The Kier molecular flexibility index (Phi) is 77.8. The van der Waals surface area contributed by atoms with Crippen LogP contribution in [0.25, 0.3) is 0 Å². The van der Waals surface area contributed by atoms with Crippen molar-refractivity contribution < 1.29 is 24.5 Å². The molecule has 6 heteroatoms. The Bertz CT molecular complexity index is 1460. The SMILES string of the molecule is CCCCC/C=C\C/C=C\CCCCCCCCCCCC(=O)OCCCCCCCCCCCCCCCC/C=C\CCCCCCCCCCCCCCCCCCCC(=O)NC(CO)C(O)CCCCCCCCCCCCCCCCCCCCC. The summed E-state index contributed by atoms with van der Waals surface area (Å²) in [6.45, 7) is 4.98. The zero-order chi connectivity index (χ0) is 64.9.